The van der Waals surface area contributed by atoms with Crippen LogP contribution in [-0.4, -0.2) is 15.4 Å². The smallest absolute Gasteiger partial charge is 0.129 e. The van der Waals surface area contributed by atoms with Crippen molar-refractivity contribution < 1.29 is 0 Å². The van der Waals surface area contributed by atoms with E-state index in [9.17, 15) is 0 Å². The number of hydrogen-bond acceptors (Lipinski definition) is 4. The van der Waals surface area contributed by atoms with E-state index in [1.54, 1.807) is 6.33 Å². The Morgan fingerprint density at radius 3 is 3.11 bits per heavy atom. The zero-order chi connectivity index (χ0) is 6.69. The molecule has 0 aliphatic heterocycles. The average Bonchev–Trinajstić information content (AvgIpc) is 2.15. The maximum absolute atomic E-state index is 5.52. The lowest BCUT2D eigenvalue weighted by Gasteiger charge is -1.97. The molecule has 0 aliphatic rings. The van der Waals surface area contributed by atoms with Crippen molar-refractivity contribution in [3.63, 3.8) is 0 Å². The zero-order valence-corrected chi connectivity index (χ0v) is 6.06. The van der Waals surface area contributed by atoms with Gasteiger partial charge in [0.05, 0.1) is 0 Å². The molecule has 0 saturated heterocycles. The van der Waals surface area contributed by atoms with Gasteiger partial charge >= 0.3 is 0 Å². The predicted molar refractivity (Wildman–Crippen MR) is 37.3 cm³/mol. The van der Waals surface area contributed by atoms with Crippen LogP contribution in [-0.2, 0) is 6.42 Å². The molecule has 1 rings (SSSR count). The van der Waals surface area contributed by atoms with Crippen LogP contribution in [0.5, 0.6) is 0 Å². The summed E-state index contributed by atoms with van der Waals surface area (Å²) >= 11 is 1.41. The zero-order valence-electron chi connectivity index (χ0n) is 5.24. The van der Waals surface area contributed by atoms with Crippen molar-refractivity contribution in [3.05, 3.63) is 11.3 Å². The van der Waals surface area contributed by atoms with E-state index >= 15 is 0 Å². The fourth-order valence-corrected chi connectivity index (χ4v) is 1.21. The number of rotatable bonds is 2. The van der Waals surface area contributed by atoms with E-state index in [2.05, 4.69) is 9.36 Å². The lowest BCUT2D eigenvalue weighted by molar-refractivity contribution is 0.734. The summed E-state index contributed by atoms with van der Waals surface area (Å²) in [6, 6.07) is 0.193. The molecule has 4 heteroatoms. The predicted octanol–water partition coefficient (Wildman–Crippen LogP) is 0.428. The molecule has 0 saturated carbocycles. The van der Waals surface area contributed by atoms with Gasteiger partial charge in [0.15, 0.2) is 0 Å². The molecule has 0 fully saturated rings. The highest BCUT2D eigenvalue weighted by atomic mass is 32.1. The number of nitrogens with two attached hydrogens (primary N) is 1. The van der Waals surface area contributed by atoms with E-state index in [0.29, 0.717) is 0 Å². The van der Waals surface area contributed by atoms with Crippen LogP contribution in [0.1, 0.15) is 11.9 Å². The van der Waals surface area contributed by atoms with Crippen LogP contribution in [0, 0.1) is 0 Å². The van der Waals surface area contributed by atoms with Crippen LogP contribution >= 0.6 is 11.5 Å². The van der Waals surface area contributed by atoms with Crippen LogP contribution in [0.2, 0.25) is 0 Å². The molecule has 1 unspecified atom stereocenters. The molecule has 0 bridgehead atoms. The van der Waals surface area contributed by atoms with Gasteiger partial charge in [0, 0.05) is 12.5 Å². The van der Waals surface area contributed by atoms with Gasteiger partial charge in [0.1, 0.15) is 11.3 Å². The van der Waals surface area contributed by atoms with E-state index in [-0.39, 0.29) is 6.04 Å². The molecular weight excluding hydrogens is 134 g/mol. The normalized spacial score (nSPS) is 13.6. The van der Waals surface area contributed by atoms with Crippen molar-refractivity contribution in [2.45, 2.75) is 19.4 Å². The molecule has 0 aromatic carbocycles. The fraction of sp³-hybridized carbons (Fsp3) is 0.600. The number of hydrogen-bond donors (Lipinski definition) is 1. The Hall–Kier alpha value is -0.480. The van der Waals surface area contributed by atoms with Crippen molar-refractivity contribution in [2.24, 2.45) is 5.73 Å². The SMILES string of the molecule is CC(N)Cc1ncns1. The molecule has 9 heavy (non-hydrogen) atoms. The summed E-state index contributed by atoms with van der Waals surface area (Å²) < 4.78 is 3.85. The largest absolute Gasteiger partial charge is 0.328 e. The molecule has 1 aromatic heterocycles. The van der Waals surface area contributed by atoms with E-state index in [1.165, 1.54) is 11.5 Å². The van der Waals surface area contributed by atoms with Gasteiger partial charge in [-0.1, -0.05) is 0 Å². The van der Waals surface area contributed by atoms with Gasteiger partial charge in [-0.05, 0) is 18.5 Å². The number of nitrogens with zero attached hydrogens (tertiary/aromatic N) is 2. The summed E-state index contributed by atoms with van der Waals surface area (Å²) in [6.07, 6.45) is 2.40. The van der Waals surface area contributed by atoms with Crippen LogP contribution in [0.3, 0.4) is 0 Å². The Kier molecular flexibility index (Phi) is 2.13. The molecular formula is C5H9N3S. The van der Waals surface area contributed by atoms with Crippen molar-refractivity contribution in [1.82, 2.24) is 9.36 Å². The minimum Gasteiger partial charge on any atom is -0.328 e. The Morgan fingerprint density at radius 1 is 1.89 bits per heavy atom. The maximum Gasteiger partial charge on any atom is 0.129 e. The van der Waals surface area contributed by atoms with Gasteiger partial charge < -0.3 is 5.73 Å². The Bertz CT molecular complexity index is 159. The van der Waals surface area contributed by atoms with Crippen LogP contribution in [0.25, 0.3) is 0 Å². The monoisotopic (exact) mass is 143 g/mol. The Morgan fingerprint density at radius 2 is 2.67 bits per heavy atom. The lowest BCUT2D eigenvalue weighted by atomic mass is 10.3. The molecule has 0 spiro atoms. The summed E-state index contributed by atoms with van der Waals surface area (Å²) in [6.45, 7) is 1.96. The van der Waals surface area contributed by atoms with E-state index in [1.807, 2.05) is 6.92 Å². The van der Waals surface area contributed by atoms with Crippen LogP contribution in [0.4, 0.5) is 0 Å². The molecule has 1 heterocycles. The first-order chi connectivity index (χ1) is 4.29. The second kappa shape index (κ2) is 2.89. The topological polar surface area (TPSA) is 51.8 Å². The third-order valence-corrected chi connectivity index (χ3v) is 1.59. The molecule has 0 amide bonds. The van der Waals surface area contributed by atoms with Crippen LogP contribution in [0.15, 0.2) is 6.33 Å². The number of aromatic nitrogens is 2. The first-order valence-corrected chi connectivity index (χ1v) is 3.57. The summed E-state index contributed by atoms with van der Waals surface area (Å²) in [5, 5.41) is 1.02. The van der Waals surface area contributed by atoms with E-state index in [4.69, 9.17) is 5.73 Å². The Balaban J connectivity index is 2.48. The van der Waals surface area contributed by atoms with Gasteiger partial charge in [-0.15, -0.1) is 0 Å². The van der Waals surface area contributed by atoms with Crippen LogP contribution < -0.4 is 5.73 Å². The molecule has 3 nitrogen and oxygen atoms in total. The third kappa shape index (κ3) is 2.07. The summed E-state index contributed by atoms with van der Waals surface area (Å²) in [7, 11) is 0. The quantitative estimate of drug-likeness (QED) is 0.653. The lowest BCUT2D eigenvalue weighted by Crippen LogP contribution is -2.17. The second-order valence-electron chi connectivity index (χ2n) is 2.02. The van der Waals surface area contributed by atoms with Gasteiger partial charge in [-0.2, -0.15) is 4.37 Å². The molecule has 2 N–H and O–H groups in total. The summed E-state index contributed by atoms with van der Waals surface area (Å²) in [4.78, 5) is 3.98. The van der Waals surface area contributed by atoms with E-state index < -0.39 is 0 Å². The van der Waals surface area contributed by atoms with Crippen molar-refractivity contribution in [2.75, 3.05) is 0 Å². The first-order valence-electron chi connectivity index (χ1n) is 2.80. The van der Waals surface area contributed by atoms with Crippen molar-refractivity contribution >= 4 is 11.5 Å². The van der Waals surface area contributed by atoms with Crippen molar-refractivity contribution in [1.29, 1.82) is 0 Å². The molecule has 1 atom stereocenters. The average molecular weight is 143 g/mol. The maximum atomic E-state index is 5.52. The molecule has 1 aromatic rings. The molecule has 0 aliphatic carbocycles. The van der Waals surface area contributed by atoms with Gasteiger partial charge in [-0.25, -0.2) is 4.98 Å². The third-order valence-electron chi connectivity index (χ3n) is 0.904. The Labute approximate surface area is 58.1 Å². The van der Waals surface area contributed by atoms with Gasteiger partial charge in [0.25, 0.3) is 0 Å². The summed E-state index contributed by atoms with van der Waals surface area (Å²) in [5.41, 5.74) is 5.52. The fourth-order valence-electron chi connectivity index (χ4n) is 0.561. The minimum atomic E-state index is 0.193. The minimum absolute atomic E-state index is 0.193. The van der Waals surface area contributed by atoms with Crippen molar-refractivity contribution in [3.8, 4) is 0 Å². The highest BCUT2D eigenvalue weighted by Gasteiger charge is 1.98. The highest BCUT2D eigenvalue weighted by molar-refractivity contribution is 7.05. The van der Waals surface area contributed by atoms with Gasteiger partial charge in [-0.3, -0.25) is 0 Å². The first kappa shape index (κ1) is 6.64. The highest BCUT2D eigenvalue weighted by Crippen LogP contribution is 2.01. The molecule has 0 radical (unpaired) electrons. The summed E-state index contributed by atoms with van der Waals surface area (Å²) in [5.74, 6) is 0. The standard InChI is InChI=1S/C5H9N3S/c1-4(6)2-5-7-3-8-9-5/h3-4H,2,6H2,1H3. The van der Waals surface area contributed by atoms with E-state index in [0.717, 1.165) is 11.4 Å². The second-order valence-corrected chi connectivity index (χ2v) is 2.88. The molecule has 50 valence electrons. The van der Waals surface area contributed by atoms with Gasteiger partial charge in [0.2, 0.25) is 0 Å².